The first-order valence-electron chi connectivity index (χ1n) is 9.25. The summed E-state index contributed by atoms with van der Waals surface area (Å²) in [4.78, 5) is 12.7. The molecule has 0 fully saturated rings. The van der Waals surface area contributed by atoms with E-state index in [0.29, 0.717) is 48.6 Å². The van der Waals surface area contributed by atoms with Crippen LogP contribution in [0.25, 0.3) is 11.6 Å². The summed E-state index contributed by atoms with van der Waals surface area (Å²) >= 11 is 0. The fourth-order valence-corrected chi connectivity index (χ4v) is 2.49. The first-order valence-corrected chi connectivity index (χ1v) is 9.25. The van der Waals surface area contributed by atoms with Crippen molar-refractivity contribution in [2.24, 2.45) is 4.99 Å². The maximum Gasteiger partial charge on any atom is 0.276 e. The Morgan fingerprint density at radius 3 is 2.70 bits per heavy atom. The zero-order valence-corrected chi connectivity index (χ0v) is 19.0. The van der Waals surface area contributed by atoms with Crippen LogP contribution in [0.2, 0.25) is 0 Å². The van der Waals surface area contributed by atoms with E-state index in [9.17, 15) is 4.39 Å². The highest BCUT2D eigenvalue weighted by molar-refractivity contribution is 14.0. The van der Waals surface area contributed by atoms with Gasteiger partial charge >= 0.3 is 0 Å². The first kappa shape index (κ1) is 23.5. The molecule has 8 nitrogen and oxygen atoms in total. The lowest BCUT2D eigenvalue weighted by molar-refractivity contribution is 0.223. The van der Waals surface area contributed by atoms with Gasteiger partial charge in [0.1, 0.15) is 23.4 Å². The van der Waals surface area contributed by atoms with Gasteiger partial charge in [0.15, 0.2) is 11.8 Å². The van der Waals surface area contributed by atoms with E-state index in [-0.39, 0.29) is 35.9 Å². The molecule has 0 amide bonds. The molecular weight excluding hydrogens is 502 g/mol. The molecule has 30 heavy (non-hydrogen) atoms. The van der Waals surface area contributed by atoms with Gasteiger partial charge < -0.3 is 19.9 Å². The number of guanidine groups is 1. The summed E-state index contributed by atoms with van der Waals surface area (Å²) < 4.78 is 23.9. The van der Waals surface area contributed by atoms with Crippen LogP contribution in [0.3, 0.4) is 0 Å². The molecule has 1 atom stereocenters. The highest BCUT2D eigenvalue weighted by atomic mass is 127. The fourth-order valence-electron chi connectivity index (χ4n) is 2.49. The number of hydrogen-bond donors (Lipinski definition) is 2. The predicted molar refractivity (Wildman–Crippen MR) is 123 cm³/mol. The van der Waals surface area contributed by atoms with Crippen molar-refractivity contribution in [3.8, 4) is 17.3 Å². The molecule has 160 valence electrons. The molecule has 2 N–H and O–H groups in total. The van der Waals surface area contributed by atoms with Crippen molar-refractivity contribution >= 4 is 29.9 Å². The number of ether oxygens (including phenoxy) is 1. The van der Waals surface area contributed by atoms with E-state index in [1.807, 2.05) is 25.1 Å². The highest BCUT2D eigenvalue weighted by Crippen LogP contribution is 2.13. The van der Waals surface area contributed by atoms with E-state index in [1.165, 1.54) is 12.1 Å². The predicted octanol–water partition coefficient (Wildman–Crippen LogP) is 3.06. The van der Waals surface area contributed by atoms with E-state index >= 15 is 0 Å². The molecular formula is C20H24FIN6O2. The number of benzene rings is 1. The smallest absolute Gasteiger partial charge is 0.276 e. The van der Waals surface area contributed by atoms with Crippen LogP contribution in [-0.2, 0) is 6.42 Å². The number of aromatic nitrogens is 3. The fraction of sp³-hybridized carbons (Fsp3) is 0.300. The summed E-state index contributed by atoms with van der Waals surface area (Å²) in [6.07, 6.45) is 2.12. The molecule has 0 saturated carbocycles. The lowest BCUT2D eigenvalue weighted by Gasteiger charge is -2.17. The molecule has 1 aromatic carbocycles. The molecule has 2 heterocycles. The quantitative estimate of drug-likeness (QED) is 0.265. The second-order valence-corrected chi connectivity index (χ2v) is 6.24. The van der Waals surface area contributed by atoms with Crippen molar-refractivity contribution in [1.29, 1.82) is 0 Å². The van der Waals surface area contributed by atoms with E-state index in [4.69, 9.17) is 9.26 Å². The number of pyridine rings is 1. The van der Waals surface area contributed by atoms with Crippen LogP contribution in [0.15, 0.2) is 58.2 Å². The van der Waals surface area contributed by atoms with Crippen LogP contribution in [0.5, 0.6) is 5.75 Å². The molecule has 0 aliphatic heterocycles. The molecule has 0 aliphatic carbocycles. The summed E-state index contributed by atoms with van der Waals surface area (Å²) in [5.41, 5.74) is 0.645. The van der Waals surface area contributed by atoms with Crippen molar-refractivity contribution in [3.63, 3.8) is 0 Å². The van der Waals surface area contributed by atoms with E-state index < -0.39 is 0 Å². The summed E-state index contributed by atoms with van der Waals surface area (Å²) in [6, 6.07) is 11.4. The Labute approximate surface area is 191 Å². The monoisotopic (exact) mass is 526 g/mol. The number of hydrogen-bond acceptors (Lipinski definition) is 6. The maximum absolute atomic E-state index is 12.9. The van der Waals surface area contributed by atoms with Crippen LogP contribution in [0.1, 0.15) is 12.7 Å². The van der Waals surface area contributed by atoms with Gasteiger partial charge in [0.25, 0.3) is 5.89 Å². The average Bonchev–Trinajstić information content (AvgIpc) is 3.22. The minimum Gasteiger partial charge on any atom is -0.489 e. The van der Waals surface area contributed by atoms with Crippen LogP contribution in [0.4, 0.5) is 4.39 Å². The van der Waals surface area contributed by atoms with Gasteiger partial charge in [0, 0.05) is 26.2 Å². The molecule has 1 unspecified atom stereocenters. The molecule has 0 saturated heterocycles. The maximum atomic E-state index is 12.9. The summed E-state index contributed by atoms with van der Waals surface area (Å²) in [6.45, 7) is 3.03. The SMILES string of the molecule is CN=C(NCCc1noc(-c2ccccn2)n1)NCC(C)Oc1ccc(F)cc1.I. The van der Waals surface area contributed by atoms with Crippen LogP contribution >= 0.6 is 24.0 Å². The van der Waals surface area contributed by atoms with Crippen molar-refractivity contribution in [1.82, 2.24) is 25.8 Å². The summed E-state index contributed by atoms with van der Waals surface area (Å²) in [5, 5.41) is 10.3. The van der Waals surface area contributed by atoms with Gasteiger partial charge in [-0.1, -0.05) is 11.2 Å². The van der Waals surface area contributed by atoms with Crippen molar-refractivity contribution in [2.45, 2.75) is 19.4 Å². The van der Waals surface area contributed by atoms with E-state index in [1.54, 1.807) is 25.4 Å². The van der Waals surface area contributed by atoms with Crippen molar-refractivity contribution < 1.29 is 13.7 Å². The minimum atomic E-state index is -0.290. The third-order valence-electron chi connectivity index (χ3n) is 3.92. The molecule has 3 aromatic rings. The molecule has 3 rings (SSSR count). The summed E-state index contributed by atoms with van der Waals surface area (Å²) in [5.74, 6) is 1.94. The Morgan fingerprint density at radius 1 is 1.20 bits per heavy atom. The summed E-state index contributed by atoms with van der Waals surface area (Å²) in [7, 11) is 1.69. The Morgan fingerprint density at radius 2 is 2.00 bits per heavy atom. The first-order chi connectivity index (χ1) is 14.1. The number of halogens is 2. The molecule has 0 radical (unpaired) electrons. The van der Waals surface area contributed by atoms with Gasteiger partial charge in [-0.05, 0) is 43.3 Å². The number of rotatable bonds is 8. The second-order valence-electron chi connectivity index (χ2n) is 6.24. The van der Waals surface area contributed by atoms with Crippen molar-refractivity contribution in [3.05, 3.63) is 60.3 Å². The third kappa shape index (κ3) is 7.25. The van der Waals surface area contributed by atoms with Gasteiger partial charge in [0.2, 0.25) is 0 Å². The van der Waals surface area contributed by atoms with E-state index in [2.05, 4.69) is 30.8 Å². The third-order valence-corrected chi connectivity index (χ3v) is 3.92. The van der Waals surface area contributed by atoms with Gasteiger partial charge in [-0.2, -0.15) is 4.98 Å². The molecule has 10 heteroatoms. The van der Waals surface area contributed by atoms with Gasteiger partial charge in [-0.15, -0.1) is 24.0 Å². The van der Waals surface area contributed by atoms with E-state index in [0.717, 1.165) is 0 Å². The van der Waals surface area contributed by atoms with Gasteiger partial charge in [-0.25, -0.2) is 4.39 Å². The zero-order valence-electron chi connectivity index (χ0n) is 16.7. The molecule has 2 aromatic heterocycles. The highest BCUT2D eigenvalue weighted by Gasteiger charge is 2.10. The Kier molecular flexibility index (Phi) is 9.45. The van der Waals surface area contributed by atoms with Crippen LogP contribution in [-0.4, -0.2) is 47.3 Å². The van der Waals surface area contributed by atoms with Gasteiger partial charge in [-0.3, -0.25) is 9.98 Å². The minimum absolute atomic E-state index is 0. The number of nitrogens with one attached hydrogen (secondary N) is 2. The van der Waals surface area contributed by atoms with Crippen LogP contribution in [0, 0.1) is 5.82 Å². The zero-order chi connectivity index (χ0) is 20.5. The van der Waals surface area contributed by atoms with Crippen molar-refractivity contribution in [2.75, 3.05) is 20.1 Å². The lowest BCUT2D eigenvalue weighted by atomic mass is 10.3. The largest absolute Gasteiger partial charge is 0.489 e. The topological polar surface area (TPSA) is 97.5 Å². The average molecular weight is 526 g/mol. The molecule has 0 aliphatic rings. The standard InChI is InChI=1S/C20H23FN6O2.HI/c1-14(28-16-8-6-15(21)7-9-16)13-25-20(22-2)24-12-10-18-26-19(29-27-18)17-5-3-4-11-23-17;/h3-9,11,14H,10,12-13H2,1-2H3,(H2,22,24,25);1H. The second kappa shape index (κ2) is 12.1. The normalized spacial score (nSPS) is 12.0. The lowest BCUT2D eigenvalue weighted by Crippen LogP contribution is -2.42. The Balaban J connectivity index is 0.00000320. The van der Waals surface area contributed by atoms with Crippen LogP contribution < -0.4 is 15.4 Å². The molecule has 0 bridgehead atoms. The molecule has 0 spiro atoms. The Hall–Kier alpha value is -2.76. The number of aliphatic imine (C=N–C) groups is 1. The number of nitrogens with zero attached hydrogens (tertiary/aromatic N) is 4. The van der Waals surface area contributed by atoms with Gasteiger partial charge in [0.05, 0.1) is 6.54 Å². The Bertz CT molecular complexity index is 921.